The third kappa shape index (κ3) is 5.60. The molecule has 1 aromatic heterocycles. The molecule has 1 aliphatic rings. The molecule has 1 aliphatic heterocycles. The standard InChI is InChI=1S/C25H27N3O2/c29-25(27-22-7-4-16-26-19-22)28-17-14-24(15-18-28)30-23-12-10-21(11-13-23)9-8-20-5-2-1-3-6-20/h1-7,10-13,16,19,24H,8-9,14-15,17-18H2,(H,27,29). The number of anilines is 1. The summed E-state index contributed by atoms with van der Waals surface area (Å²) in [7, 11) is 0. The number of amides is 2. The molecule has 5 nitrogen and oxygen atoms in total. The average molecular weight is 402 g/mol. The fourth-order valence-corrected chi connectivity index (χ4v) is 3.68. The van der Waals surface area contributed by atoms with Gasteiger partial charge >= 0.3 is 6.03 Å². The number of nitrogens with one attached hydrogen (secondary N) is 1. The lowest BCUT2D eigenvalue weighted by atomic mass is 10.0. The summed E-state index contributed by atoms with van der Waals surface area (Å²) < 4.78 is 6.15. The second-order valence-electron chi connectivity index (χ2n) is 7.61. The van der Waals surface area contributed by atoms with E-state index < -0.39 is 0 Å². The molecule has 1 fully saturated rings. The number of hydrogen-bond donors (Lipinski definition) is 1. The van der Waals surface area contributed by atoms with Crippen LogP contribution in [0, 0.1) is 0 Å². The van der Waals surface area contributed by atoms with Crippen LogP contribution in [0.3, 0.4) is 0 Å². The fourth-order valence-electron chi connectivity index (χ4n) is 3.68. The molecular formula is C25H27N3O2. The summed E-state index contributed by atoms with van der Waals surface area (Å²) in [5, 5.41) is 2.89. The third-order valence-electron chi connectivity index (χ3n) is 5.41. The van der Waals surface area contributed by atoms with Crippen LogP contribution >= 0.6 is 0 Å². The zero-order valence-corrected chi connectivity index (χ0v) is 17.0. The van der Waals surface area contributed by atoms with Crippen LogP contribution in [0.15, 0.2) is 79.1 Å². The maximum absolute atomic E-state index is 12.4. The number of aromatic nitrogens is 1. The van der Waals surface area contributed by atoms with Gasteiger partial charge in [0.05, 0.1) is 11.9 Å². The van der Waals surface area contributed by atoms with E-state index >= 15 is 0 Å². The summed E-state index contributed by atoms with van der Waals surface area (Å²) >= 11 is 0. The second kappa shape index (κ2) is 9.92. The van der Waals surface area contributed by atoms with Crippen molar-refractivity contribution in [1.82, 2.24) is 9.88 Å². The lowest BCUT2D eigenvalue weighted by Gasteiger charge is -2.32. The van der Waals surface area contributed by atoms with Gasteiger partial charge in [-0.3, -0.25) is 4.98 Å². The van der Waals surface area contributed by atoms with E-state index in [-0.39, 0.29) is 12.1 Å². The van der Waals surface area contributed by atoms with Crippen LogP contribution in [0.2, 0.25) is 0 Å². The number of aryl methyl sites for hydroxylation is 2. The van der Waals surface area contributed by atoms with E-state index in [1.54, 1.807) is 12.4 Å². The van der Waals surface area contributed by atoms with E-state index in [0.29, 0.717) is 18.8 Å². The van der Waals surface area contributed by atoms with Crippen LogP contribution in [0.5, 0.6) is 5.75 Å². The van der Waals surface area contributed by atoms with Crippen molar-refractivity contribution in [2.45, 2.75) is 31.8 Å². The molecule has 0 radical (unpaired) electrons. The van der Waals surface area contributed by atoms with Gasteiger partial charge in [0.25, 0.3) is 0 Å². The van der Waals surface area contributed by atoms with Gasteiger partial charge in [0.2, 0.25) is 0 Å². The lowest BCUT2D eigenvalue weighted by Crippen LogP contribution is -2.43. The molecule has 4 rings (SSSR count). The first-order valence-corrected chi connectivity index (χ1v) is 10.5. The quantitative estimate of drug-likeness (QED) is 0.636. The Bertz CT molecular complexity index is 922. The molecule has 1 N–H and O–H groups in total. The number of pyridine rings is 1. The zero-order chi connectivity index (χ0) is 20.6. The predicted octanol–water partition coefficient (Wildman–Crippen LogP) is 4.94. The Morgan fingerprint density at radius 1 is 0.933 bits per heavy atom. The molecule has 0 saturated carbocycles. The second-order valence-corrected chi connectivity index (χ2v) is 7.61. The Kier molecular flexibility index (Phi) is 6.60. The first kappa shape index (κ1) is 20.0. The molecule has 0 unspecified atom stereocenters. The number of piperidine rings is 1. The Labute approximate surface area is 177 Å². The topological polar surface area (TPSA) is 54.5 Å². The fraction of sp³-hybridized carbons (Fsp3) is 0.280. The summed E-state index contributed by atoms with van der Waals surface area (Å²) in [4.78, 5) is 18.2. The first-order valence-electron chi connectivity index (χ1n) is 10.5. The number of urea groups is 1. The predicted molar refractivity (Wildman–Crippen MR) is 119 cm³/mol. The van der Waals surface area contributed by atoms with Crippen molar-refractivity contribution in [3.05, 3.63) is 90.3 Å². The van der Waals surface area contributed by atoms with Gasteiger partial charge in [-0.25, -0.2) is 4.79 Å². The molecule has 0 atom stereocenters. The van der Waals surface area contributed by atoms with Crippen LogP contribution < -0.4 is 10.1 Å². The highest BCUT2D eigenvalue weighted by Gasteiger charge is 2.24. The van der Waals surface area contributed by atoms with Crippen molar-refractivity contribution in [3.63, 3.8) is 0 Å². The van der Waals surface area contributed by atoms with E-state index in [2.05, 4.69) is 58.8 Å². The number of ether oxygens (including phenoxy) is 1. The number of carbonyl (C=O) groups is 1. The Morgan fingerprint density at radius 3 is 2.30 bits per heavy atom. The van der Waals surface area contributed by atoms with Gasteiger partial charge in [0.1, 0.15) is 11.9 Å². The van der Waals surface area contributed by atoms with Crippen molar-refractivity contribution in [2.75, 3.05) is 18.4 Å². The van der Waals surface area contributed by atoms with Crippen molar-refractivity contribution in [1.29, 1.82) is 0 Å². The van der Waals surface area contributed by atoms with Gasteiger partial charge in [0.15, 0.2) is 0 Å². The summed E-state index contributed by atoms with van der Waals surface area (Å²) in [5.41, 5.74) is 3.39. The Balaban J connectivity index is 1.21. The largest absolute Gasteiger partial charge is 0.490 e. The SMILES string of the molecule is O=C(Nc1cccnc1)N1CCC(Oc2ccc(CCc3ccccc3)cc2)CC1. The monoisotopic (exact) mass is 401 g/mol. The minimum absolute atomic E-state index is 0.0794. The van der Waals surface area contributed by atoms with E-state index in [1.807, 2.05) is 23.1 Å². The third-order valence-corrected chi connectivity index (χ3v) is 5.41. The number of hydrogen-bond acceptors (Lipinski definition) is 3. The van der Waals surface area contributed by atoms with Gasteiger partial charge < -0.3 is 15.0 Å². The molecule has 2 amide bonds. The van der Waals surface area contributed by atoms with Crippen molar-refractivity contribution in [3.8, 4) is 5.75 Å². The molecule has 0 aliphatic carbocycles. The van der Waals surface area contributed by atoms with Crippen LogP contribution in [0.4, 0.5) is 10.5 Å². The van der Waals surface area contributed by atoms with Crippen LogP contribution in [-0.2, 0) is 12.8 Å². The van der Waals surface area contributed by atoms with Gasteiger partial charge in [0, 0.05) is 32.1 Å². The zero-order valence-electron chi connectivity index (χ0n) is 17.0. The molecule has 30 heavy (non-hydrogen) atoms. The number of benzene rings is 2. The molecule has 154 valence electrons. The molecule has 2 aromatic carbocycles. The van der Waals surface area contributed by atoms with Crippen LogP contribution in [-0.4, -0.2) is 35.1 Å². The summed E-state index contributed by atoms with van der Waals surface area (Å²) in [5.74, 6) is 0.900. The Morgan fingerprint density at radius 2 is 1.63 bits per heavy atom. The normalized spacial score (nSPS) is 14.3. The van der Waals surface area contributed by atoms with E-state index in [9.17, 15) is 4.79 Å². The molecule has 0 spiro atoms. The summed E-state index contributed by atoms with van der Waals surface area (Å²) in [6.45, 7) is 1.37. The molecule has 1 saturated heterocycles. The van der Waals surface area contributed by atoms with Crippen molar-refractivity contribution >= 4 is 11.7 Å². The maximum Gasteiger partial charge on any atom is 0.321 e. The average Bonchev–Trinajstić information content (AvgIpc) is 2.80. The van der Waals surface area contributed by atoms with Crippen molar-refractivity contribution < 1.29 is 9.53 Å². The molecule has 5 heteroatoms. The number of rotatable bonds is 6. The number of nitrogens with zero attached hydrogens (tertiary/aromatic N) is 2. The highest BCUT2D eigenvalue weighted by molar-refractivity contribution is 5.89. The minimum Gasteiger partial charge on any atom is -0.490 e. The van der Waals surface area contributed by atoms with Gasteiger partial charge in [-0.05, 0) is 48.2 Å². The minimum atomic E-state index is -0.0794. The highest BCUT2D eigenvalue weighted by Crippen LogP contribution is 2.21. The highest BCUT2D eigenvalue weighted by atomic mass is 16.5. The molecule has 3 aromatic rings. The van der Waals surface area contributed by atoms with E-state index in [0.717, 1.165) is 31.4 Å². The van der Waals surface area contributed by atoms with Gasteiger partial charge in [-0.2, -0.15) is 0 Å². The van der Waals surface area contributed by atoms with Gasteiger partial charge in [-0.15, -0.1) is 0 Å². The van der Waals surface area contributed by atoms with Gasteiger partial charge in [-0.1, -0.05) is 42.5 Å². The smallest absolute Gasteiger partial charge is 0.321 e. The van der Waals surface area contributed by atoms with E-state index in [1.165, 1.54) is 11.1 Å². The summed E-state index contributed by atoms with van der Waals surface area (Å²) in [6, 6.07) is 22.5. The summed E-state index contributed by atoms with van der Waals surface area (Å²) in [6.07, 6.45) is 7.20. The van der Waals surface area contributed by atoms with Crippen LogP contribution in [0.25, 0.3) is 0 Å². The number of carbonyl (C=O) groups excluding carboxylic acids is 1. The Hall–Kier alpha value is -3.34. The molecular weight excluding hydrogens is 374 g/mol. The van der Waals surface area contributed by atoms with Crippen molar-refractivity contribution in [2.24, 2.45) is 0 Å². The molecule has 2 heterocycles. The first-order chi connectivity index (χ1) is 14.8. The lowest BCUT2D eigenvalue weighted by molar-refractivity contribution is 0.115. The van der Waals surface area contributed by atoms with E-state index in [4.69, 9.17) is 4.74 Å². The maximum atomic E-state index is 12.4. The number of likely N-dealkylation sites (tertiary alicyclic amines) is 1. The van der Waals surface area contributed by atoms with Crippen LogP contribution in [0.1, 0.15) is 24.0 Å². The molecule has 0 bridgehead atoms.